The van der Waals surface area contributed by atoms with Crippen molar-refractivity contribution in [2.45, 2.75) is 19.8 Å². The van der Waals surface area contributed by atoms with Crippen molar-refractivity contribution in [3.05, 3.63) is 23.6 Å². The summed E-state index contributed by atoms with van der Waals surface area (Å²) in [5, 5.41) is 2.74. The maximum Gasteiger partial charge on any atom is 0.251 e. The van der Waals surface area contributed by atoms with Gasteiger partial charge >= 0.3 is 0 Å². The second-order valence-electron chi connectivity index (χ2n) is 4.93. The number of halogens is 3. The third-order valence-corrected chi connectivity index (χ3v) is 3.42. The van der Waals surface area contributed by atoms with Gasteiger partial charge in [0.05, 0.1) is 0 Å². The lowest BCUT2D eigenvalue weighted by atomic mass is 9.97. The van der Waals surface area contributed by atoms with Crippen molar-refractivity contribution < 1.29 is 18.0 Å². The molecule has 0 bridgehead atoms. The Hall–Kier alpha value is -1.79. The Bertz CT molecular complexity index is 502. The van der Waals surface area contributed by atoms with E-state index in [0.717, 1.165) is 12.8 Å². The minimum atomic E-state index is -1.29. The highest BCUT2D eigenvalue weighted by Gasteiger charge is 2.23. The number of carbonyl (C=O) groups excluding carboxylic acids is 1. The predicted octanol–water partition coefficient (Wildman–Crippen LogP) is 1.85. The third-order valence-electron chi connectivity index (χ3n) is 3.42. The van der Waals surface area contributed by atoms with Crippen LogP contribution in [0.5, 0.6) is 0 Å². The van der Waals surface area contributed by atoms with E-state index in [-0.39, 0.29) is 11.7 Å². The molecule has 7 heteroatoms. The lowest BCUT2D eigenvalue weighted by molar-refractivity contribution is -0.119. The van der Waals surface area contributed by atoms with Gasteiger partial charge in [0.25, 0.3) is 5.95 Å². The molecule has 0 radical (unpaired) electrons. The quantitative estimate of drug-likeness (QED) is 0.863. The second kappa shape index (κ2) is 6.11. The fourth-order valence-corrected chi connectivity index (χ4v) is 2.29. The molecule has 1 aliphatic rings. The smallest absolute Gasteiger partial charge is 0.251 e. The minimum absolute atomic E-state index is 0.0826. The van der Waals surface area contributed by atoms with Crippen molar-refractivity contribution in [2.75, 3.05) is 24.5 Å². The van der Waals surface area contributed by atoms with Crippen LogP contribution in [0.4, 0.5) is 19.0 Å². The highest BCUT2D eigenvalue weighted by molar-refractivity contribution is 5.72. The molecule has 1 N–H and O–H groups in total. The van der Waals surface area contributed by atoms with Crippen LogP contribution in [0.15, 0.2) is 6.07 Å². The number of nitrogens with zero attached hydrogens (tertiary/aromatic N) is 2. The standard InChI is InChI=1S/C13H16F3N3O/c1-8(20)17-7-9-2-4-19(5-3-9)13-11(15)6-10(14)12(16)18-13/h6,9H,2-5,7H2,1H3,(H,17,20). The van der Waals surface area contributed by atoms with Crippen LogP contribution in [0.3, 0.4) is 0 Å². The molecule has 1 aromatic rings. The van der Waals surface area contributed by atoms with Crippen LogP contribution in [-0.4, -0.2) is 30.5 Å². The Morgan fingerprint density at radius 2 is 2.00 bits per heavy atom. The Labute approximate surface area is 115 Å². The number of aromatic nitrogens is 1. The normalized spacial score (nSPS) is 16.3. The molecule has 1 saturated heterocycles. The molecule has 1 amide bonds. The number of rotatable bonds is 3. The summed E-state index contributed by atoms with van der Waals surface area (Å²) >= 11 is 0. The molecule has 110 valence electrons. The topological polar surface area (TPSA) is 45.2 Å². The summed E-state index contributed by atoms with van der Waals surface area (Å²) in [7, 11) is 0. The molecular formula is C13H16F3N3O. The summed E-state index contributed by atoms with van der Waals surface area (Å²) in [4.78, 5) is 15.8. The minimum Gasteiger partial charge on any atom is -0.356 e. The Morgan fingerprint density at radius 1 is 1.35 bits per heavy atom. The number of anilines is 1. The second-order valence-corrected chi connectivity index (χ2v) is 4.93. The molecule has 2 rings (SSSR count). The van der Waals surface area contributed by atoms with E-state index in [4.69, 9.17) is 0 Å². The van der Waals surface area contributed by atoms with Gasteiger partial charge in [0.2, 0.25) is 5.91 Å². The highest BCUT2D eigenvalue weighted by Crippen LogP contribution is 2.24. The molecule has 4 nitrogen and oxygen atoms in total. The molecule has 0 atom stereocenters. The number of hydrogen-bond acceptors (Lipinski definition) is 3. The van der Waals surface area contributed by atoms with Gasteiger partial charge in [-0.25, -0.2) is 8.78 Å². The average Bonchev–Trinajstić information content (AvgIpc) is 2.41. The summed E-state index contributed by atoms with van der Waals surface area (Å²) < 4.78 is 39.5. The van der Waals surface area contributed by atoms with Gasteiger partial charge in [-0.05, 0) is 18.8 Å². The number of piperidine rings is 1. The van der Waals surface area contributed by atoms with Crippen LogP contribution in [0.1, 0.15) is 19.8 Å². The first-order valence-corrected chi connectivity index (χ1v) is 6.48. The zero-order valence-corrected chi connectivity index (χ0v) is 11.1. The van der Waals surface area contributed by atoms with Crippen molar-refractivity contribution in [1.82, 2.24) is 10.3 Å². The molecule has 2 heterocycles. The van der Waals surface area contributed by atoms with Gasteiger partial charge in [0, 0.05) is 32.6 Å². The van der Waals surface area contributed by atoms with Crippen molar-refractivity contribution in [3.63, 3.8) is 0 Å². The largest absolute Gasteiger partial charge is 0.356 e. The molecular weight excluding hydrogens is 271 g/mol. The molecule has 1 aromatic heterocycles. The lowest BCUT2D eigenvalue weighted by Gasteiger charge is -2.32. The maximum absolute atomic E-state index is 13.6. The van der Waals surface area contributed by atoms with Gasteiger partial charge in [0.15, 0.2) is 17.5 Å². The highest BCUT2D eigenvalue weighted by atomic mass is 19.2. The first-order valence-electron chi connectivity index (χ1n) is 6.48. The summed E-state index contributed by atoms with van der Waals surface area (Å²) in [6.45, 7) is 3.03. The zero-order valence-electron chi connectivity index (χ0n) is 11.1. The van der Waals surface area contributed by atoms with Crippen LogP contribution < -0.4 is 10.2 Å². The molecule has 1 fully saturated rings. The Morgan fingerprint density at radius 3 is 2.60 bits per heavy atom. The van der Waals surface area contributed by atoms with Crippen molar-refractivity contribution in [3.8, 4) is 0 Å². The molecule has 20 heavy (non-hydrogen) atoms. The summed E-state index contributed by atoms with van der Waals surface area (Å²) in [6, 6.07) is 0.515. The number of nitrogens with one attached hydrogen (secondary N) is 1. The molecule has 0 saturated carbocycles. The number of amides is 1. The van der Waals surface area contributed by atoms with Crippen LogP contribution in [0, 0.1) is 23.5 Å². The van der Waals surface area contributed by atoms with E-state index in [1.54, 1.807) is 4.90 Å². The van der Waals surface area contributed by atoms with Gasteiger partial charge in [-0.2, -0.15) is 9.37 Å². The van der Waals surface area contributed by atoms with E-state index < -0.39 is 17.6 Å². The van der Waals surface area contributed by atoms with Gasteiger partial charge < -0.3 is 10.2 Å². The van der Waals surface area contributed by atoms with E-state index >= 15 is 0 Å². The van der Waals surface area contributed by atoms with Crippen LogP contribution in [0.25, 0.3) is 0 Å². The molecule has 0 unspecified atom stereocenters. The van der Waals surface area contributed by atoms with E-state index in [1.165, 1.54) is 6.92 Å². The van der Waals surface area contributed by atoms with E-state index in [9.17, 15) is 18.0 Å². The van der Waals surface area contributed by atoms with Gasteiger partial charge in [0.1, 0.15) is 0 Å². The Kier molecular flexibility index (Phi) is 4.46. The van der Waals surface area contributed by atoms with Crippen molar-refractivity contribution in [2.24, 2.45) is 5.92 Å². The number of carbonyl (C=O) groups is 1. The Balaban J connectivity index is 1.97. The fraction of sp³-hybridized carbons (Fsp3) is 0.538. The number of hydrogen-bond donors (Lipinski definition) is 1. The van der Waals surface area contributed by atoms with Crippen LogP contribution in [-0.2, 0) is 4.79 Å². The third kappa shape index (κ3) is 3.40. The molecule has 0 spiro atoms. The summed E-state index contributed by atoms with van der Waals surface area (Å²) in [5.74, 6) is -3.36. The fourth-order valence-electron chi connectivity index (χ4n) is 2.29. The molecule has 1 aliphatic heterocycles. The SMILES string of the molecule is CC(=O)NCC1CCN(c2nc(F)c(F)cc2F)CC1. The van der Waals surface area contributed by atoms with E-state index in [2.05, 4.69) is 10.3 Å². The molecule has 0 aliphatic carbocycles. The lowest BCUT2D eigenvalue weighted by Crippen LogP contribution is -2.39. The van der Waals surface area contributed by atoms with Crippen LogP contribution in [0.2, 0.25) is 0 Å². The van der Waals surface area contributed by atoms with Crippen molar-refractivity contribution in [1.29, 1.82) is 0 Å². The monoisotopic (exact) mass is 287 g/mol. The van der Waals surface area contributed by atoms with Gasteiger partial charge in [-0.3, -0.25) is 4.79 Å². The first-order chi connectivity index (χ1) is 9.47. The van der Waals surface area contributed by atoms with E-state index in [1.807, 2.05) is 0 Å². The first kappa shape index (κ1) is 14.6. The average molecular weight is 287 g/mol. The number of pyridine rings is 1. The summed E-state index contributed by atoms with van der Waals surface area (Å²) in [5.41, 5.74) is 0. The maximum atomic E-state index is 13.6. The van der Waals surface area contributed by atoms with Gasteiger partial charge in [-0.15, -0.1) is 0 Å². The summed E-state index contributed by atoms with van der Waals surface area (Å²) in [6.07, 6.45) is 1.47. The van der Waals surface area contributed by atoms with E-state index in [0.29, 0.717) is 31.6 Å². The van der Waals surface area contributed by atoms with Gasteiger partial charge in [-0.1, -0.05) is 0 Å². The zero-order chi connectivity index (χ0) is 14.7. The predicted molar refractivity (Wildman–Crippen MR) is 67.7 cm³/mol. The van der Waals surface area contributed by atoms with Crippen LogP contribution >= 0.6 is 0 Å². The molecule has 0 aromatic carbocycles. The van der Waals surface area contributed by atoms with Crippen molar-refractivity contribution >= 4 is 11.7 Å².